The van der Waals surface area contributed by atoms with Crippen LogP contribution in [0.2, 0.25) is 0 Å². The van der Waals surface area contributed by atoms with Gasteiger partial charge in [-0.25, -0.2) is 0 Å². The fraction of sp³-hybridized carbons (Fsp3) is 0.429. The quantitative estimate of drug-likeness (QED) is 0.608. The van der Waals surface area contributed by atoms with E-state index in [1.54, 1.807) is 0 Å². The highest BCUT2D eigenvalue weighted by Crippen LogP contribution is 2.33. The first-order valence-corrected chi connectivity index (χ1v) is 8.99. The van der Waals surface area contributed by atoms with Gasteiger partial charge in [0.1, 0.15) is 0 Å². The molecule has 0 atom stereocenters. The van der Waals surface area contributed by atoms with Gasteiger partial charge in [0.2, 0.25) is 0 Å². The van der Waals surface area contributed by atoms with Crippen LogP contribution in [-0.4, -0.2) is 36.6 Å². The summed E-state index contributed by atoms with van der Waals surface area (Å²) in [6.45, 7) is 3.26. The van der Waals surface area contributed by atoms with E-state index in [-0.39, 0.29) is 13.2 Å². The Kier molecular flexibility index (Phi) is 8.29. The van der Waals surface area contributed by atoms with Crippen LogP contribution in [0.4, 0.5) is 0 Å². The van der Waals surface area contributed by atoms with Gasteiger partial charge in [0.25, 0.3) is 0 Å². The lowest BCUT2D eigenvalue weighted by atomic mass is 10.0. The van der Waals surface area contributed by atoms with Gasteiger partial charge in [-0.15, -0.1) is 0 Å². The molecule has 0 amide bonds. The Bertz CT molecular complexity index is 622. The largest absolute Gasteiger partial charge is 0.490 e. The van der Waals surface area contributed by atoms with Gasteiger partial charge in [-0.1, -0.05) is 43.7 Å². The first-order valence-electron chi connectivity index (χ1n) is 8.99. The first-order chi connectivity index (χ1) is 12.3. The minimum absolute atomic E-state index is 0.0965. The summed E-state index contributed by atoms with van der Waals surface area (Å²) in [7, 11) is 0. The normalized spacial score (nSPS) is 10.7. The molecule has 2 aromatic rings. The average Bonchev–Trinajstić information content (AvgIpc) is 2.64. The molecule has 0 aromatic heterocycles. The summed E-state index contributed by atoms with van der Waals surface area (Å²) >= 11 is 0. The number of aliphatic hydroxyl groups is 2. The number of benzene rings is 2. The molecule has 2 aromatic carbocycles. The van der Waals surface area contributed by atoms with Crippen LogP contribution >= 0.6 is 0 Å². The third kappa shape index (κ3) is 6.07. The minimum atomic E-state index is 0.0965. The summed E-state index contributed by atoms with van der Waals surface area (Å²) < 4.78 is 11.5. The van der Waals surface area contributed by atoms with Crippen molar-refractivity contribution in [2.75, 3.05) is 26.4 Å². The van der Waals surface area contributed by atoms with Crippen molar-refractivity contribution < 1.29 is 19.7 Å². The lowest BCUT2D eigenvalue weighted by Gasteiger charge is -2.14. The van der Waals surface area contributed by atoms with Crippen LogP contribution in [-0.2, 0) is 6.42 Å². The van der Waals surface area contributed by atoms with Gasteiger partial charge in [-0.05, 0) is 35.2 Å². The summed E-state index contributed by atoms with van der Waals surface area (Å²) in [5.41, 5.74) is 3.54. The molecule has 0 saturated heterocycles. The summed E-state index contributed by atoms with van der Waals surface area (Å²) in [4.78, 5) is 0. The zero-order valence-electron chi connectivity index (χ0n) is 14.9. The van der Waals surface area contributed by atoms with Gasteiger partial charge < -0.3 is 19.7 Å². The van der Waals surface area contributed by atoms with E-state index in [2.05, 4.69) is 31.2 Å². The van der Waals surface area contributed by atoms with Crippen LogP contribution in [0, 0.1) is 0 Å². The van der Waals surface area contributed by atoms with E-state index >= 15 is 0 Å². The topological polar surface area (TPSA) is 58.9 Å². The maximum absolute atomic E-state index is 8.95. The van der Waals surface area contributed by atoms with Crippen LogP contribution in [0.3, 0.4) is 0 Å². The van der Waals surface area contributed by atoms with Crippen molar-refractivity contribution in [3.05, 3.63) is 48.0 Å². The molecule has 0 fully saturated rings. The zero-order chi connectivity index (χ0) is 17.9. The second-order valence-electron chi connectivity index (χ2n) is 5.96. The number of ether oxygens (including phenoxy) is 2. The standard InChI is InChI=1S/C21H28O4/c1-2-5-17-6-8-18(9-7-17)19-10-11-20(24-14-3-12-22)21(16-19)25-15-4-13-23/h6-11,16,22-23H,2-5,12-15H2,1H3. The maximum Gasteiger partial charge on any atom is 0.161 e. The highest BCUT2D eigenvalue weighted by molar-refractivity contribution is 5.67. The van der Waals surface area contributed by atoms with Crippen LogP contribution in [0.1, 0.15) is 31.7 Å². The molecule has 0 spiro atoms. The summed E-state index contributed by atoms with van der Waals surface area (Å²) in [5.74, 6) is 1.33. The molecule has 25 heavy (non-hydrogen) atoms. The average molecular weight is 344 g/mol. The van der Waals surface area contributed by atoms with Gasteiger partial charge >= 0.3 is 0 Å². The maximum atomic E-state index is 8.95. The minimum Gasteiger partial charge on any atom is -0.490 e. The predicted molar refractivity (Wildman–Crippen MR) is 100 cm³/mol. The Hall–Kier alpha value is -2.04. The van der Waals surface area contributed by atoms with Crippen LogP contribution in [0.15, 0.2) is 42.5 Å². The van der Waals surface area contributed by atoms with E-state index in [1.807, 2.05) is 18.2 Å². The summed E-state index contributed by atoms with van der Waals surface area (Å²) in [6, 6.07) is 14.5. The van der Waals surface area contributed by atoms with Crippen molar-refractivity contribution in [1.29, 1.82) is 0 Å². The predicted octanol–water partition coefficient (Wildman–Crippen LogP) is 3.83. The molecule has 0 aliphatic rings. The van der Waals surface area contributed by atoms with E-state index in [0.717, 1.165) is 24.0 Å². The van der Waals surface area contributed by atoms with Crippen LogP contribution in [0.5, 0.6) is 11.5 Å². The van der Waals surface area contributed by atoms with Crippen molar-refractivity contribution >= 4 is 0 Å². The Morgan fingerprint density at radius 2 is 1.36 bits per heavy atom. The van der Waals surface area contributed by atoms with E-state index in [1.165, 1.54) is 5.56 Å². The molecule has 0 aliphatic carbocycles. The van der Waals surface area contributed by atoms with Gasteiger partial charge in [-0.2, -0.15) is 0 Å². The third-order valence-electron chi connectivity index (χ3n) is 3.89. The highest BCUT2D eigenvalue weighted by Gasteiger charge is 2.09. The lowest BCUT2D eigenvalue weighted by molar-refractivity contribution is 0.211. The van der Waals surface area contributed by atoms with Crippen molar-refractivity contribution in [3.8, 4) is 22.6 Å². The fourth-order valence-electron chi connectivity index (χ4n) is 2.57. The van der Waals surface area contributed by atoms with Crippen molar-refractivity contribution in [3.63, 3.8) is 0 Å². The number of rotatable bonds is 11. The van der Waals surface area contributed by atoms with Gasteiger partial charge in [-0.3, -0.25) is 0 Å². The van der Waals surface area contributed by atoms with E-state index < -0.39 is 0 Å². The number of aliphatic hydroxyl groups excluding tert-OH is 2. The molecular formula is C21H28O4. The number of hydrogen-bond acceptors (Lipinski definition) is 4. The van der Waals surface area contributed by atoms with E-state index in [9.17, 15) is 0 Å². The molecule has 4 heteroatoms. The second-order valence-corrected chi connectivity index (χ2v) is 5.96. The molecule has 0 unspecified atom stereocenters. The molecular weight excluding hydrogens is 316 g/mol. The summed E-state index contributed by atoms with van der Waals surface area (Å²) in [6.07, 6.45) is 3.39. The first kappa shape index (κ1) is 19.3. The molecule has 0 radical (unpaired) electrons. The molecule has 136 valence electrons. The summed E-state index contributed by atoms with van der Waals surface area (Å²) in [5, 5.41) is 17.9. The van der Waals surface area contributed by atoms with Gasteiger partial charge in [0.05, 0.1) is 13.2 Å². The lowest BCUT2D eigenvalue weighted by Crippen LogP contribution is -2.04. The zero-order valence-corrected chi connectivity index (χ0v) is 14.9. The Morgan fingerprint density at radius 1 is 0.760 bits per heavy atom. The SMILES string of the molecule is CCCc1ccc(-c2ccc(OCCCO)c(OCCCO)c2)cc1. The molecule has 2 rings (SSSR count). The van der Waals surface area contributed by atoms with Crippen molar-refractivity contribution in [2.45, 2.75) is 32.6 Å². The number of hydrogen-bond donors (Lipinski definition) is 2. The highest BCUT2D eigenvalue weighted by atomic mass is 16.5. The van der Waals surface area contributed by atoms with Gasteiger partial charge in [0, 0.05) is 26.1 Å². The smallest absolute Gasteiger partial charge is 0.161 e. The van der Waals surface area contributed by atoms with Crippen molar-refractivity contribution in [1.82, 2.24) is 0 Å². The fourth-order valence-corrected chi connectivity index (χ4v) is 2.57. The molecule has 0 heterocycles. The van der Waals surface area contributed by atoms with Crippen LogP contribution < -0.4 is 9.47 Å². The van der Waals surface area contributed by atoms with Crippen molar-refractivity contribution in [2.24, 2.45) is 0 Å². The van der Waals surface area contributed by atoms with E-state index in [4.69, 9.17) is 19.7 Å². The Morgan fingerprint density at radius 3 is 1.96 bits per heavy atom. The number of aryl methyl sites for hydroxylation is 1. The van der Waals surface area contributed by atoms with Crippen LogP contribution in [0.25, 0.3) is 11.1 Å². The molecule has 2 N–H and O–H groups in total. The Balaban J connectivity index is 2.18. The van der Waals surface area contributed by atoms with E-state index in [0.29, 0.717) is 37.6 Å². The molecule has 0 saturated carbocycles. The monoisotopic (exact) mass is 344 g/mol. The molecule has 0 aliphatic heterocycles. The Labute approximate surface area is 150 Å². The second kappa shape index (κ2) is 10.7. The molecule has 0 bridgehead atoms. The third-order valence-corrected chi connectivity index (χ3v) is 3.89. The molecule has 4 nitrogen and oxygen atoms in total. The van der Waals surface area contributed by atoms with Gasteiger partial charge in [0.15, 0.2) is 11.5 Å².